The van der Waals surface area contributed by atoms with Crippen molar-refractivity contribution in [3.8, 4) is 5.75 Å². The van der Waals surface area contributed by atoms with Crippen molar-refractivity contribution in [2.75, 3.05) is 12.0 Å². The number of aryl methyl sites for hydroxylation is 1. The summed E-state index contributed by atoms with van der Waals surface area (Å²) in [7, 11) is 1.40. The first-order valence-corrected chi connectivity index (χ1v) is 10.2. The van der Waals surface area contributed by atoms with Crippen molar-refractivity contribution >= 4 is 45.5 Å². The van der Waals surface area contributed by atoms with Crippen molar-refractivity contribution in [3.05, 3.63) is 75.0 Å². The van der Waals surface area contributed by atoms with E-state index in [1.165, 1.54) is 37.4 Å². The highest BCUT2D eigenvalue weighted by Crippen LogP contribution is 2.44. The predicted molar refractivity (Wildman–Crippen MR) is 114 cm³/mol. The quantitative estimate of drug-likeness (QED) is 0.356. The number of carbonyl (C=O) groups is 2. The number of ketones is 1. The first-order valence-electron chi connectivity index (χ1n) is 9.02. The Kier molecular flexibility index (Phi) is 5.47. The van der Waals surface area contributed by atoms with Crippen LogP contribution < -0.4 is 9.64 Å². The highest BCUT2D eigenvalue weighted by molar-refractivity contribution is 7.15. The van der Waals surface area contributed by atoms with Crippen LogP contribution in [0.2, 0.25) is 5.02 Å². The van der Waals surface area contributed by atoms with Crippen LogP contribution in [0.15, 0.2) is 48.0 Å². The molecule has 1 amide bonds. The van der Waals surface area contributed by atoms with Gasteiger partial charge in [0.2, 0.25) is 5.13 Å². The third-order valence-electron chi connectivity index (χ3n) is 4.75. The van der Waals surface area contributed by atoms with Crippen LogP contribution in [0.5, 0.6) is 5.75 Å². The fraction of sp³-hybridized carbons (Fsp3) is 0.143. The van der Waals surface area contributed by atoms with Gasteiger partial charge in [0.1, 0.15) is 22.3 Å². The van der Waals surface area contributed by atoms with Gasteiger partial charge in [-0.3, -0.25) is 14.5 Å². The molecule has 0 aliphatic carbocycles. The van der Waals surface area contributed by atoms with Crippen molar-refractivity contribution in [2.45, 2.75) is 13.0 Å². The van der Waals surface area contributed by atoms with E-state index in [1.54, 1.807) is 19.1 Å². The second-order valence-corrected chi connectivity index (χ2v) is 8.27. The molecule has 1 N–H and O–H groups in total. The minimum atomic E-state index is -1.12. The van der Waals surface area contributed by atoms with Crippen molar-refractivity contribution in [1.29, 1.82) is 0 Å². The molecule has 4 rings (SSSR count). The van der Waals surface area contributed by atoms with Crippen molar-refractivity contribution < 1.29 is 23.8 Å². The maximum Gasteiger partial charge on any atom is 0.301 e. The van der Waals surface area contributed by atoms with Gasteiger partial charge in [0, 0.05) is 5.02 Å². The minimum absolute atomic E-state index is 0.128. The Hall–Kier alpha value is -3.30. The summed E-state index contributed by atoms with van der Waals surface area (Å²) < 4.78 is 19.3. The number of rotatable bonds is 4. The van der Waals surface area contributed by atoms with E-state index >= 15 is 0 Å². The Balaban J connectivity index is 1.99. The second-order valence-electron chi connectivity index (χ2n) is 6.67. The van der Waals surface area contributed by atoms with E-state index in [-0.39, 0.29) is 27.6 Å². The van der Waals surface area contributed by atoms with Crippen LogP contribution >= 0.6 is 22.9 Å². The Bertz CT molecular complexity index is 1240. The number of benzene rings is 2. The van der Waals surface area contributed by atoms with Gasteiger partial charge >= 0.3 is 5.91 Å². The van der Waals surface area contributed by atoms with E-state index in [2.05, 4.69) is 10.2 Å². The molecule has 1 aliphatic heterocycles. The lowest BCUT2D eigenvalue weighted by Crippen LogP contribution is -2.29. The fourth-order valence-electron chi connectivity index (χ4n) is 3.42. The summed E-state index contributed by atoms with van der Waals surface area (Å²) in [5.74, 6) is -2.65. The van der Waals surface area contributed by atoms with Gasteiger partial charge in [0.25, 0.3) is 5.78 Å². The van der Waals surface area contributed by atoms with Crippen LogP contribution in [0.1, 0.15) is 22.2 Å². The molecule has 0 radical (unpaired) electrons. The lowest BCUT2D eigenvalue weighted by Gasteiger charge is -2.22. The molecule has 1 aromatic heterocycles. The number of hydrogen-bond acceptors (Lipinski definition) is 7. The SMILES string of the molecule is COc1ccc(Cl)cc1C(O)=C1C(=O)C(=O)N(c2nnc(C)s2)C1c1cccc(F)c1. The predicted octanol–water partition coefficient (Wildman–Crippen LogP) is 4.27. The molecule has 1 aliphatic rings. The number of Topliss-reactive ketones (excluding diaryl/α,β-unsaturated/α-hetero) is 1. The number of methoxy groups -OCH3 is 1. The summed E-state index contributed by atoms with van der Waals surface area (Å²) in [4.78, 5) is 27.1. The van der Waals surface area contributed by atoms with Crippen molar-refractivity contribution in [3.63, 3.8) is 0 Å². The Morgan fingerprint density at radius 2 is 2.00 bits per heavy atom. The van der Waals surface area contributed by atoms with Gasteiger partial charge in [-0.1, -0.05) is 35.1 Å². The average molecular weight is 460 g/mol. The molecule has 2 aromatic carbocycles. The number of carbonyl (C=O) groups excluding carboxylic acids is 2. The van der Waals surface area contributed by atoms with Gasteiger partial charge in [0.15, 0.2) is 0 Å². The summed E-state index contributed by atoms with van der Waals surface area (Å²) in [5, 5.41) is 20.0. The van der Waals surface area contributed by atoms with Gasteiger partial charge in [-0.15, -0.1) is 10.2 Å². The van der Waals surface area contributed by atoms with E-state index in [0.29, 0.717) is 10.0 Å². The molecular formula is C21H15ClFN3O4S. The standard InChI is InChI=1S/C21H15ClFN3O4S/c1-10-24-25-21(31-10)26-17(11-4-3-5-13(23)8-11)16(19(28)20(26)29)18(27)14-9-12(22)6-7-15(14)30-2/h3-9,17,27H,1-2H3. The van der Waals surface area contributed by atoms with E-state index < -0.39 is 29.3 Å². The number of halogens is 2. The molecule has 31 heavy (non-hydrogen) atoms. The van der Waals surface area contributed by atoms with Gasteiger partial charge in [0.05, 0.1) is 24.3 Å². The third kappa shape index (κ3) is 3.66. The maximum atomic E-state index is 14.0. The molecule has 7 nitrogen and oxygen atoms in total. The fourth-order valence-corrected chi connectivity index (χ4v) is 4.30. The molecule has 1 atom stereocenters. The third-order valence-corrected chi connectivity index (χ3v) is 5.82. The molecule has 1 fully saturated rings. The minimum Gasteiger partial charge on any atom is -0.507 e. The highest BCUT2D eigenvalue weighted by Gasteiger charge is 2.48. The molecule has 2 heterocycles. The maximum absolute atomic E-state index is 14.0. The zero-order valence-electron chi connectivity index (χ0n) is 16.3. The van der Waals surface area contributed by atoms with E-state index in [0.717, 1.165) is 16.2 Å². The summed E-state index contributed by atoms with van der Waals surface area (Å²) in [6.07, 6.45) is 0. The van der Waals surface area contributed by atoms with Crippen LogP contribution in [0.3, 0.4) is 0 Å². The van der Waals surface area contributed by atoms with Gasteiger partial charge in [-0.25, -0.2) is 4.39 Å². The van der Waals surface area contributed by atoms with Crippen LogP contribution in [-0.4, -0.2) is 34.1 Å². The molecule has 1 unspecified atom stereocenters. The Labute approximate surface area is 185 Å². The van der Waals surface area contributed by atoms with Crippen LogP contribution in [-0.2, 0) is 9.59 Å². The van der Waals surface area contributed by atoms with E-state index in [4.69, 9.17) is 16.3 Å². The summed E-state index contributed by atoms with van der Waals surface area (Å²) >= 11 is 7.17. The summed E-state index contributed by atoms with van der Waals surface area (Å²) in [5.41, 5.74) is 0.182. The topological polar surface area (TPSA) is 92.6 Å². The largest absolute Gasteiger partial charge is 0.507 e. The van der Waals surface area contributed by atoms with E-state index in [1.807, 2.05) is 0 Å². The Morgan fingerprint density at radius 3 is 2.65 bits per heavy atom. The smallest absolute Gasteiger partial charge is 0.301 e. The first-order chi connectivity index (χ1) is 14.8. The van der Waals surface area contributed by atoms with Crippen molar-refractivity contribution in [2.24, 2.45) is 0 Å². The summed E-state index contributed by atoms with van der Waals surface area (Å²) in [6, 6.07) is 8.83. The van der Waals surface area contributed by atoms with Crippen LogP contribution in [0, 0.1) is 12.7 Å². The number of amides is 1. The van der Waals surface area contributed by atoms with Gasteiger partial charge < -0.3 is 9.84 Å². The first kappa shape index (κ1) is 21.0. The molecule has 3 aromatic rings. The molecule has 0 spiro atoms. The van der Waals surface area contributed by atoms with Crippen molar-refractivity contribution in [1.82, 2.24) is 10.2 Å². The molecule has 158 valence electrons. The molecular weight excluding hydrogens is 445 g/mol. The lowest BCUT2D eigenvalue weighted by molar-refractivity contribution is -0.132. The number of aromatic nitrogens is 2. The number of aliphatic hydroxyl groups is 1. The normalized spacial score (nSPS) is 17.9. The Morgan fingerprint density at radius 1 is 1.23 bits per heavy atom. The lowest BCUT2D eigenvalue weighted by atomic mass is 9.95. The van der Waals surface area contributed by atoms with Gasteiger partial charge in [-0.2, -0.15) is 0 Å². The monoisotopic (exact) mass is 459 g/mol. The summed E-state index contributed by atoms with van der Waals surface area (Å²) in [6.45, 7) is 1.70. The van der Waals surface area contributed by atoms with Crippen LogP contribution in [0.25, 0.3) is 5.76 Å². The molecule has 0 saturated carbocycles. The zero-order valence-corrected chi connectivity index (χ0v) is 17.9. The number of nitrogens with zero attached hydrogens (tertiary/aromatic N) is 3. The van der Waals surface area contributed by atoms with E-state index in [9.17, 15) is 19.1 Å². The van der Waals surface area contributed by atoms with Crippen LogP contribution in [0.4, 0.5) is 9.52 Å². The second kappa shape index (κ2) is 8.09. The number of ether oxygens (including phenoxy) is 1. The number of hydrogen-bond donors (Lipinski definition) is 1. The molecule has 10 heteroatoms. The zero-order chi connectivity index (χ0) is 22.3. The molecule has 1 saturated heterocycles. The average Bonchev–Trinajstić information content (AvgIpc) is 3.28. The molecule has 0 bridgehead atoms. The number of anilines is 1. The highest BCUT2D eigenvalue weighted by atomic mass is 35.5. The van der Waals surface area contributed by atoms with Gasteiger partial charge in [-0.05, 0) is 42.8 Å². The number of aliphatic hydroxyl groups excluding tert-OH is 1.